The summed E-state index contributed by atoms with van der Waals surface area (Å²) in [5, 5.41) is 3.54. The Hall–Kier alpha value is -1.84. The number of rotatable bonds is 3. The van der Waals surface area contributed by atoms with E-state index in [1.165, 1.54) is 16.7 Å². The fourth-order valence-corrected chi connectivity index (χ4v) is 2.80. The zero-order valence-electron chi connectivity index (χ0n) is 11.7. The van der Waals surface area contributed by atoms with E-state index in [1.807, 2.05) is 24.3 Å². The number of methoxy groups -OCH3 is 1. The first-order chi connectivity index (χ1) is 9.78. The van der Waals surface area contributed by atoms with Gasteiger partial charge in [-0.25, -0.2) is 0 Å². The van der Waals surface area contributed by atoms with E-state index in [0.717, 1.165) is 18.7 Å². The Balaban J connectivity index is 1.78. The van der Waals surface area contributed by atoms with E-state index < -0.39 is 0 Å². The summed E-state index contributed by atoms with van der Waals surface area (Å²) in [5.74, 6) is 0.913. The maximum absolute atomic E-state index is 6.40. The highest BCUT2D eigenvalue weighted by molar-refractivity contribution is 5.38. The lowest BCUT2D eigenvalue weighted by Gasteiger charge is -2.31. The van der Waals surface area contributed by atoms with Crippen molar-refractivity contribution < 1.29 is 4.74 Å². The van der Waals surface area contributed by atoms with Crippen LogP contribution in [0, 0.1) is 0 Å². The molecule has 3 N–H and O–H groups in total. The van der Waals surface area contributed by atoms with Gasteiger partial charge in [0.05, 0.1) is 7.11 Å². The van der Waals surface area contributed by atoms with Crippen molar-refractivity contribution in [2.45, 2.75) is 25.0 Å². The number of benzene rings is 2. The minimum atomic E-state index is 0.0199. The van der Waals surface area contributed by atoms with E-state index in [9.17, 15) is 0 Å². The fourth-order valence-electron chi connectivity index (χ4n) is 2.80. The zero-order valence-corrected chi connectivity index (χ0v) is 11.7. The summed E-state index contributed by atoms with van der Waals surface area (Å²) in [4.78, 5) is 0. The molecule has 3 rings (SSSR count). The average molecular weight is 268 g/mol. The molecule has 2 aromatic rings. The first-order valence-electron chi connectivity index (χ1n) is 6.97. The van der Waals surface area contributed by atoms with Gasteiger partial charge in [-0.1, -0.05) is 36.4 Å². The van der Waals surface area contributed by atoms with Crippen molar-refractivity contribution in [1.82, 2.24) is 5.32 Å². The lowest BCUT2D eigenvalue weighted by molar-refractivity contribution is 0.401. The first kappa shape index (κ1) is 13.2. The summed E-state index contributed by atoms with van der Waals surface area (Å²) in [6.45, 7) is 0.845. The number of fused-ring (bicyclic) bond motifs is 1. The minimum Gasteiger partial charge on any atom is -0.497 e. The molecular weight excluding hydrogens is 248 g/mol. The molecule has 0 saturated heterocycles. The molecule has 104 valence electrons. The van der Waals surface area contributed by atoms with E-state index in [0.29, 0.717) is 0 Å². The standard InChI is InChI=1S/C17H20N2O/c1-20-15-8-7-13-10-16(19-11-14(13)9-15)17(18)12-5-3-2-4-6-12/h2-9,16-17,19H,10-11,18H2,1H3. The second-order valence-electron chi connectivity index (χ2n) is 5.26. The average Bonchev–Trinajstić information content (AvgIpc) is 2.54. The summed E-state index contributed by atoms with van der Waals surface area (Å²) in [6.07, 6.45) is 0.954. The van der Waals surface area contributed by atoms with Crippen LogP contribution in [0.2, 0.25) is 0 Å². The van der Waals surface area contributed by atoms with Crippen molar-refractivity contribution in [1.29, 1.82) is 0 Å². The third-order valence-electron chi connectivity index (χ3n) is 4.03. The highest BCUT2D eigenvalue weighted by Gasteiger charge is 2.24. The molecule has 1 aliphatic rings. The number of nitrogens with one attached hydrogen (secondary N) is 1. The minimum absolute atomic E-state index is 0.0199. The Morgan fingerprint density at radius 1 is 1.15 bits per heavy atom. The SMILES string of the molecule is COc1ccc2c(c1)CNC(C(N)c1ccccc1)C2. The lowest BCUT2D eigenvalue weighted by atomic mass is 9.89. The Morgan fingerprint density at radius 3 is 2.70 bits per heavy atom. The van der Waals surface area contributed by atoms with Gasteiger partial charge in [-0.15, -0.1) is 0 Å². The van der Waals surface area contributed by atoms with Gasteiger partial charge in [0.25, 0.3) is 0 Å². The van der Waals surface area contributed by atoms with Crippen LogP contribution in [0.3, 0.4) is 0 Å². The maximum atomic E-state index is 6.40. The van der Waals surface area contributed by atoms with E-state index in [-0.39, 0.29) is 12.1 Å². The second-order valence-corrected chi connectivity index (χ2v) is 5.26. The first-order valence-corrected chi connectivity index (χ1v) is 6.97. The molecule has 0 amide bonds. The predicted octanol–water partition coefficient (Wildman–Crippen LogP) is 2.41. The van der Waals surface area contributed by atoms with Gasteiger partial charge in [-0.3, -0.25) is 0 Å². The second kappa shape index (κ2) is 5.65. The van der Waals surface area contributed by atoms with Gasteiger partial charge in [0, 0.05) is 18.6 Å². The van der Waals surface area contributed by atoms with Crippen LogP contribution in [0.5, 0.6) is 5.75 Å². The molecule has 1 aliphatic heterocycles. The van der Waals surface area contributed by atoms with Crippen LogP contribution in [0.25, 0.3) is 0 Å². The van der Waals surface area contributed by atoms with Crippen LogP contribution in [0.1, 0.15) is 22.7 Å². The quantitative estimate of drug-likeness (QED) is 0.898. The van der Waals surface area contributed by atoms with Crippen molar-refractivity contribution in [2.75, 3.05) is 7.11 Å². The molecule has 0 aromatic heterocycles. The molecule has 2 aromatic carbocycles. The van der Waals surface area contributed by atoms with Gasteiger partial charge in [-0.2, -0.15) is 0 Å². The zero-order chi connectivity index (χ0) is 13.9. The fraction of sp³-hybridized carbons (Fsp3) is 0.294. The molecule has 0 aliphatic carbocycles. The summed E-state index contributed by atoms with van der Waals surface area (Å²) < 4.78 is 5.27. The van der Waals surface area contributed by atoms with Crippen LogP contribution in [0.15, 0.2) is 48.5 Å². The van der Waals surface area contributed by atoms with Crippen LogP contribution in [0.4, 0.5) is 0 Å². The van der Waals surface area contributed by atoms with E-state index >= 15 is 0 Å². The van der Waals surface area contributed by atoms with Gasteiger partial charge in [0.1, 0.15) is 5.75 Å². The highest BCUT2D eigenvalue weighted by Crippen LogP contribution is 2.26. The molecule has 2 unspecified atom stereocenters. The maximum Gasteiger partial charge on any atom is 0.119 e. The number of ether oxygens (including phenoxy) is 1. The number of nitrogens with two attached hydrogens (primary N) is 1. The Morgan fingerprint density at radius 2 is 1.95 bits per heavy atom. The van der Waals surface area contributed by atoms with Crippen molar-refractivity contribution >= 4 is 0 Å². The Bertz CT molecular complexity index is 583. The summed E-state index contributed by atoms with van der Waals surface area (Å²) in [6, 6.07) is 16.9. The van der Waals surface area contributed by atoms with Crippen LogP contribution < -0.4 is 15.8 Å². The number of hydrogen-bond donors (Lipinski definition) is 2. The topological polar surface area (TPSA) is 47.3 Å². The van der Waals surface area contributed by atoms with Gasteiger partial charge < -0.3 is 15.8 Å². The summed E-state index contributed by atoms with van der Waals surface area (Å²) in [5.41, 5.74) is 10.2. The molecule has 3 heteroatoms. The molecule has 0 fully saturated rings. The van der Waals surface area contributed by atoms with E-state index in [4.69, 9.17) is 10.5 Å². The lowest BCUT2D eigenvalue weighted by Crippen LogP contribution is -2.43. The third-order valence-corrected chi connectivity index (χ3v) is 4.03. The number of hydrogen-bond acceptors (Lipinski definition) is 3. The molecule has 3 nitrogen and oxygen atoms in total. The summed E-state index contributed by atoms with van der Waals surface area (Å²) in [7, 11) is 1.70. The van der Waals surface area contributed by atoms with Gasteiger partial charge in [0.2, 0.25) is 0 Å². The molecule has 20 heavy (non-hydrogen) atoms. The van der Waals surface area contributed by atoms with Gasteiger partial charge >= 0.3 is 0 Å². The highest BCUT2D eigenvalue weighted by atomic mass is 16.5. The third kappa shape index (κ3) is 2.55. The molecule has 0 saturated carbocycles. The molecule has 0 bridgehead atoms. The normalized spacial score (nSPS) is 19.2. The monoisotopic (exact) mass is 268 g/mol. The van der Waals surface area contributed by atoms with Crippen molar-refractivity contribution in [3.8, 4) is 5.75 Å². The molecule has 0 radical (unpaired) electrons. The van der Waals surface area contributed by atoms with Gasteiger partial charge in [-0.05, 0) is 35.2 Å². The van der Waals surface area contributed by atoms with Crippen LogP contribution in [-0.2, 0) is 13.0 Å². The molecule has 1 heterocycles. The molecule has 2 atom stereocenters. The van der Waals surface area contributed by atoms with Crippen molar-refractivity contribution in [2.24, 2.45) is 5.73 Å². The molecular formula is C17H20N2O. The smallest absolute Gasteiger partial charge is 0.119 e. The largest absolute Gasteiger partial charge is 0.497 e. The van der Waals surface area contributed by atoms with Gasteiger partial charge in [0.15, 0.2) is 0 Å². The van der Waals surface area contributed by atoms with Crippen molar-refractivity contribution in [3.05, 3.63) is 65.2 Å². The van der Waals surface area contributed by atoms with Crippen molar-refractivity contribution in [3.63, 3.8) is 0 Å². The van der Waals surface area contributed by atoms with E-state index in [2.05, 4.69) is 29.6 Å². The van der Waals surface area contributed by atoms with Crippen LogP contribution >= 0.6 is 0 Å². The Labute approximate surface area is 119 Å². The van der Waals surface area contributed by atoms with Crippen LogP contribution in [-0.4, -0.2) is 13.2 Å². The molecule has 0 spiro atoms. The summed E-state index contributed by atoms with van der Waals surface area (Å²) >= 11 is 0. The predicted molar refractivity (Wildman–Crippen MR) is 80.7 cm³/mol. The Kier molecular flexibility index (Phi) is 3.72. The van der Waals surface area contributed by atoms with E-state index in [1.54, 1.807) is 7.11 Å².